The standard InChI is InChI=1S/C12H12N3O3/c16-14-7-6-11(15(17)18)8-12(14)13-9-10-4-2-1-3-5-10/h1-8,12-13H,9H2/q+1. The summed E-state index contributed by atoms with van der Waals surface area (Å²) in [5.41, 5.74) is 0.934. The van der Waals surface area contributed by atoms with Gasteiger partial charge in [0.15, 0.2) is 0 Å². The number of allylic oxidation sites excluding steroid dienone is 1. The second kappa shape index (κ2) is 5.33. The van der Waals surface area contributed by atoms with Crippen LogP contribution in [0.2, 0.25) is 0 Å². The van der Waals surface area contributed by atoms with Gasteiger partial charge in [-0.05, 0) is 5.56 Å². The minimum absolute atomic E-state index is 0.0762. The van der Waals surface area contributed by atoms with E-state index >= 15 is 0 Å². The quantitative estimate of drug-likeness (QED) is 0.497. The summed E-state index contributed by atoms with van der Waals surface area (Å²) < 4.78 is 0.649. The van der Waals surface area contributed by atoms with E-state index in [4.69, 9.17) is 0 Å². The highest BCUT2D eigenvalue weighted by Crippen LogP contribution is 2.09. The summed E-state index contributed by atoms with van der Waals surface area (Å²) in [7, 11) is 0. The van der Waals surface area contributed by atoms with Gasteiger partial charge in [0, 0.05) is 11.5 Å². The molecule has 0 saturated heterocycles. The van der Waals surface area contributed by atoms with Gasteiger partial charge in [0.05, 0.1) is 21.8 Å². The summed E-state index contributed by atoms with van der Waals surface area (Å²) in [6, 6.07) is 9.52. The van der Waals surface area contributed by atoms with Crippen LogP contribution in [0, 0.1) is 15.0 Å². The Hall–Kier alpha value is -2.34. The maximum Gasteiger partial charge on any atom is 0.286 e. The Balaban J connectivity index is 2.03. The lowest BCUT2D eigenvalue weighted by molar-refractivity contribution is -0.522. The average Bonchev–Trinajstić information content (AvgIpc) is 2.38. The molecule has 2 rings (SSSR count). The van der Waals surface area contributed by atoms with Gasteiger partial charge in [-0.2, -0.15) is 0 Å². The highest BCUT2D eigenvalue weighted by molar-refractivity contribution is 5.16. The molecule has 0 bridgehead atoms. The molecule has 18 heavy (non-hydrogen) atoms. The first kappa shape index (κ1) is 12.1. The average molecular weight is 246 g/mol. The Morgan fingerprint density at radius 1 is 1.33 bits per heavy atom. The second-order valence-corrected chi connectivity index (χ2v) is 3.84. The second-order valence-electron chi connectivity index (χ2n) is 3.84. The number of nitroso groups, excluding NO2 is 1. The van der Waals surface area contributed by atoms with Crippen LogP contribution in [0.25, 0.3) is 0 Å². The van der Waals surface area contributed by atoms with Gasteiger partial charge < -0.3 is 0 Å². The van der Waals surface area contributed by atoms with Crippen LogP contribution in [0.4, 0.5) is 0 Å². The molecular formula is C12H12N3O3+. The van der Waals surface area contributed by atoms with E-state index in [1.54, 1.807) is 0 Å². The van der Waals surface area contributed by atoms with Crippen LogP contribution >= 0.6 is 0 Å². The molecule has 1 unspecified atom stereocenters. The highest BCUT2D eigenvalue weighted by Gasteiger charge is 2.28. The van der Waals surface area contributed by atoms with Crippen molar-refractivity contribution in [3.63, 3.8) is 0 Å². The number of nitro groups is 1. The molecule has 0 aromatic heterocycles. The fourth-order valence-electron chi connectivity index (χ4n) is 1.62. The molecule has 6 nitrogen and oxygen atoms in total. The van der Waals surface area contributed by atoms with Crippen molar-refractivity contribution in [2.24, 2.45) is 0 Å². The molecule has 1 aliphatic heterocycles. The minimum Gasteiger partial charge on any atom is -0.258 e. The summed E-state index contributed by atoms with van der Waals surface area (Å²) in [6.45, 7) is 0.472. The zero-order valence-electron chi connectivity index (χ0n) is 9.52. The van der Waals surface area contributed by atoms with Crippen molar-refractivity contribution in [1.29, 1.82) is 0 Å². The lowest BCUT2D eigenvalue weighted by atomic mass is 10.2. The molecule has 1 aliphatic rings. The molecule has 1 heterocycles. The van der Waals surface area contributed by atoms with Crippen molar-refractivity contribution >= 4 is 0 Å². The van der Waals surface area contributed by atoms with E-state index in [0.29, 0.717) is 11.3 Å². The largest absolute Gasteiger partial charge is 0.286 e. The lowest BCUT2D eigenvalue weighted by Gasteiger charge is -2.08. The van der Waals surface area contributed by atoms with Gasteiger partial charge in [0.25, 0.3) is 11.9 Å². The molecule has 0 radical (unpaired) electrons. The predicted molar refractivity (Wildman–Crippen MR) is 64.9 cm³/mol. The summed E-state index contributed by atoms with van der Waals surface area (Å²) in [5.74, 6) is 0. The van der Waals surface area contributed by atoms with Crippen LogP contribution < -0.4 is 5.32 Å². The molecular weight excluding hydrogens is 234 g/mol. The number of hydrogen-bond acceptors (Lipinski definition) is 4. The van der Waals surface area contributed by atoms with E-state index in [1.807, 2.05) is 30.3 Å². The van der Waals surface area contributed by atoms with Crippen LogP contribution in [-0.2, 0) is 6.54 Å². The van der Waals surface area contributed by atoms with E-state index < -0.39 is 11.1 Å². The predicted octanol–water partition coefficient (Wildman–Crippen LogP) is 1.57. The van der Waals surface area contributed by atoms with Gasteiger partial charge in [-0.1, -0.05) is 30.3 Å². The van der Waals surface area contributed by atoms with E-state index in [1.165, 1.54) is 12.2 Å². The van der Waals surface area contributed by atoms with Crippen molar-refractivity contribution < 1.29 is 9.68 Å². The zero-order chi connectivity index (χ0) is 13.0. The van der Waals surface area contributed by atoms with E-state index in [2.05, 4.69) is 5.32 Å². The van der Waals surface area contributed by atoms with Crippen LogP contribution in [0.15, 0.2) is 54.4 Å². The molecule has 0 saturated carbocycles. The molecule has 0 spiro atoms. The monoisotopic (exact) mass is 246 g/mol. The zero-order valence-corrected chi connectivity index (χ0v) is 9.52. The molecule has 0 amide bonds. The third kappa shape index (κ3) is 2.86. The van der Waals surface area contributed by atoms with Crippen molar-refractivity contribution in [1.82, 2.24) is 5.32 Å². The van der Waals surface area contributed by atoms with Gasteiger partial charge in [-0.25, -0.2) is 5.32 Å². The molecule has 1 atom stereocenters. The summed E-state index contributed by atoms with van der Waals surface area (Å²) in [5, 5.41) is 13.6. The molecule has 0 fully saturated rings. The molecule has 1 aromatic rings. The topological polar surface area (TPSA) is 75.2 Å². The number of hydrogen-bond donors (Lipinski definition) is 1. The SMILES string of the molecule is O=[N+]([O-])C1=CC(NCc2ccccc2)[N+](=O)C=C1. The van der Waals surface area contributed by atoms with E-state index in [-0.39, 0.29) is 5.70 Å². The van der Waals surface area contributed by atoms with E-state index in [0.717, 1.165) is 11.8 Å². The fraction of sp³-hybridized carbons (Fsp3) is 0.167. The third-order valence-electron chi connectivity index (χ3n) is 2.56. The first-order valence-corrected chi connectivity index (χ1v) is 5.44. The van der Waals surface area contributed by atoms with Crippen LogP contribution in [0.3, 0.4) is 0 Å². The Bertz CT molecular complexity index is 523. The normalized spacial score (nSPS) is 18.6. The highest BCUT2D eigenvalue weighted by atomic mass is 16.6. The molecule has 1 N–H and O–H groups in total. The first-order valence-electron chi connectivity index (χ1n) is 5.44. The number of benzene rings is 1. The maximum absolute atomic E-state index is 11.5. The van der Waals surface area contributed by atoms with Crippen molar-refractivity contribution in [3.8, 4) is 0 Å². The molecule has 1 aromatic carbocycles. The van der Waals surface area contributed by atoms with Crippen molar-refractivity contribution in [2.45, 2.75) is 12.7 Å². The van der Waals surface area contributed by atoms with Gasteiger partial charge in [0.2, 0.25) is 6.20 Å². The number of nitrogens with one attached hydrogen (secondary N) is 1. The first-order chi connectivity index (χ1) is 8.66. The molecule has 6 heteroatoms. The summed E-state index contributed by atoms with van der Waals surface area (Å²) in [6.07, 6.45) is 2.93. The lowest BCUT2D eigenvalue weighted by Crippen LogP contribution is -2.36. The minimum atomic E-state index is -0.712. The van der Waals surface area contributed by atoms with Crippen LogP contribution in [0.1, 0.15) is 5.56 Å². The van der Waals surface area contributed by atoms with Gasteiger partial charge >= 0.3 is 0 Å². The van der Waals surface area contributed by atoms with Crippen LogP contribution in [-0.4, -0.2) is 15.8 Å². The smallest absolute Gasteiger partial charge is 0.258 e. The van der Waals surface area contributed by atoms with Crippen molar-refractivity contribution in [3.05, 3.63) is 75.0 Å². The van der Waals surface area contributed by atoms with Gasteiger partial charge in [0.1, 0.15) is 0 Å². The van der Waals surface area contributed by atoms with Gasteiger partial charge in [-0.3, -0.25) is 10.1 Å². The number of rotatable bonds is 4. The summed E-state index contributed by atoms with van der Waals surface area (Å²) in [4.78, 5) is 21.6. The van der Waals surface area contributed by atoms with Crippen molar-refractivity contribution in [2.75, 3.05) is 0 Å². The Morgan fingerprint density at radius 2 is 2.06 bits per heavy atom. The van der Waals surface area contributed by atoms with E-state index in [9.17, 15) is 15.0 Å². The van der Waals surface area contributed by atoms with Crippen LogP contribution in [0.5, 0.6) is 0 Å². The third-order valence-corrected chi connectivity index (χ3v) is 2.56. The summed E-state index contributed by atoms with van der Waals surface area (Å²) >= 11 is 0. The Kier molecular flexibility index (Phi) is 3.59. The Labute approximate surface area is 103 Å². The molecule has 0 aliphatic carbocycles. The fourth-order valence-corrected chi connectivity index (χ4v) is 1.62. The maximum atomic E-state index is 11.5. The number of nitrogens with zero attached hydrogens (tertiary/aromatic N) is 2. The van der Waals surface area contributed by atoms with Gasteiger partial charge in [-0.15, -0.1) is 0 Å². The Morgan fingerprint density at radius 3 is 2.72 bits per heavy atom. The molecule has 92 valence electrons.